The third-order valence-corrected chi connectivity index (χ3v) is 2.46. The average Bonchev–Trinajstić information content (AvgIpc) is 2.34. The van der Waals surface area contributed by atoms with Gasteiger partial charge in [-0.3, -0.25) is 0 Å². The van der Waals surface area contributed by atoms with Crippen LogP contribution in [0.2, 0.25) is 0 Å². The number of piperidine rings is 1. The smallest absolute Gasteiger partial charge is 0.180 e. The van der Waals surface area contributed by atoms with Gasteiger partial charge in [-0.25, -0.2) is 0 Å². The number of nitrogens with one attached hydrogen (secondary N) is 2. The van der Waals surface area contributed by atoms with Gasteiger partial charge in [0.15, 0.2) is 5.88 Å². The van der Waals surface area contributed by atoms with Crippen LogP contribution in [0.25, 0.3) is 0 Å². The Bertz CT molecular complexity index is 173. The second-order valence-electron chi connectivity index (χ2n) is 3.31. The van der Waals surface area contributed by atoms with Crippen LogP contribution in [0.5, 0.6) is 0 Å². The molecule has 0 radical (unpaired) electrons. The molecule has 0 aromatic heterocycles. The first kappa shape index (κ1) is 6.98. The molecule has 11 heavy (non-hydrogen) atoms. The zero-order chi connectivity index (χ0) is 7.73. The topological polar surface area (TPSA) is 33.3 Å². The Morgan fingerprint density at radius 2 is 2.09 bits per heavy atom. The minimum Gasteiger partial charge on any atom is -0.471 e. The van der Waals surface area contributed by atoms with Gasteiger partial charge >= 0.3 is 0 Å². The molecule has 3 heteroatoms. The summed E-state index contributed by atoms with van der Waals surface area (Å²) in [7, 11) is 0. The van der Waals surface area contributed by atoms with Crippen molar-refractivity contribution < 1.29 is 4.74 Å². The summed E-state index contributed by atoms with van der Waals surface area (Å²) in [5.74, 6) is 0.743. The summed E-state index contributed by atoms with van der Waals surface area (Å²) < 4.78 is 5.64. The minimum absolute atomic E-state index is 0.0718. The Balaban J connectivity index is 2.03. The normalized spacial score (nSPS) is 28.2. The van der Waals surface area contributed by atoms with Crippen molar-refractivity contribution in [2.45, 2.75) is 18.4 Å². The maximum atomic E-state index is 5.64. The molecule has 0 aliphatic carbocycles. The zero-order valence-electron chi connectivity index (χ0n) is 6.65. The summed E-state index contributed by atoms with van der Waals surface area (Å²) in [6.45, 7) is 6.82. The summed E-state index contributed by atoms with van der Waals surface area (Å²) in [4.78, 5) is 0. The standard InChI is InChI=1S/C8H14N2O/c1-7-10-6-8(11-7)2-4-9-5-3-8/h9-10H,1-6H2. The molecular weight excluding hydrogens is 140 g/mol. The van der Waals surface area contributed by atoms with Crippen LogP contribution < -0.4 is 10.6 Å². The molecule has 1 spiro atoms. The molecule has 0 aromatic carbocycles. The first-order chi connectivity index (χ1) is 5.31. The van der Waals surface area contributed by atoms with Crippen LogP contribution in [0.1, 0.15) is 12.8 Å². The lowest BCUT2D eigenvalue weighted by atomic mass is 9.93. The van der Waals surface area contributed by atoms with Crippen LogP contribution >= 0.6 is 0 Å². The Hall–Kier alpha value is -0.700. The Labute approximate surface area is 66.8 Å². The monoisotopic (exact) mass is 154 g/mol. The van der Waals surface area contributed by atoms with Crippen LogP contribution in [0.4, 0.5) is 0 Å². The van der Waals surface area contributed by atoms with Gasteiger partial charge in [0.25, 0.3) is 0 Å². The van der Waals surface area contributed by atoms with E-state index >= 15 is 0 Å². The molecule has 2 aliphatic rings. The maximum Gasteiger partial charge on any atom is 0.180 e. The molecule has 2 heterocycles. The molecule has 2 rings (SSSR count). The zero-order valence-corrected chi connectivity index (χ0v) is 6.65. The predicted molar refractivity (Wildman–Crippen MR) is 43.1 cm³/mol. The van der Waals surface area contributed by atoms with E-state index in [2.05, 4.69) is 17.2 Å². The molecule has 2 N–H and O–H groups in total. The van der Waals surface area contributed by atoms with E-state index < -0.39 is 0 Å². The summed E-state index contributed by atoms with van der Waals surface area (Å²) in [6.07, 6.45) is 2.19. The molecule has 2 aliphatic heterocycles. The average molecular weight is 154 g/mol. The van der Waals surface area contributed by atoms with Crippen LogP contribution in [-0.2, 0) is 4.74 Å². The summed E-state index contributed by atoms with van der Waals surface area (Å²) in [6, 6.07) is 0. The van der Waals surface area contributed by atoms with E-state index in [-0.39, 0.29) is 5.60 Å². The molecule has 3 nitrogen and oxygen atoms in total. The Morgan fingerprint density at radius 1 is 1.36 bits per heavy atom. The predicted octanol–water partition coefficient (Wildman–Crippen LogP) is 0.200. The molecule has 2 saturated heterocycles. The van der Waals surface area contributed by atoms with E-state index in [9.17, 15) is 0 Å². The highest BCUT2D eigenvalue weighted by Gasteiger charge is 2.38. The fourth-order valence-corrected chi connectivity index (χ4v) is 1.75. The van der Waals surface area contributed by atoms with Crippen molar-refractivity contribution in [3.05, 3.63) is 12.5 Å². The Morgan fingerprint density at radius 3 is 2.64 bits per heavy atom. The van der Waals surface area contributed by atoms with Crippen molar-refractivity contribution in [2.24, 2.45) is 0 Å². The number of rotatable bonds is 0. The van der Waals surface area contributed by atoms with E-state index in [4.69, 9.17) is 4.74 Å². The van der Waals surface area contributed by atoms with Crippen molar-refractivity contribution in [1.29, 1.82) is 0 Å². The van der Waals surface area contributed by atoms with Crippen LogP contribution in [0.3, 0.4) is 0 Å². The van der Waals surface area contributed by atoms with Crippen molar-refractivity contribution >= 4 is 0 Å². The van der Waals surface area contributed by atoms with Crippen LogP contribution in [0.15, 0.2) is 12.5 Å². The summed E-state index contributed by atoms with van der Waals surface area (Å²) in [5.41, 5.74) is 0.0718. The van der Waals surface area contributed by atoms with Crippen LogP contribution in [0, 0.1) is 0 Å². The first-order valence-corrected chi connectivity index (χ1v) is 4.13. The summed E-state index contributed by atoms with van der Waals surface area (Å²) in [5, 5.41) is 6.45. The fraction of sp³-hybridized carbons (Fsp3) is 0.750. The largest absolute Gasteiger partial charge is 0.471 e. The van der Waals surface area contributed by atoms with E-state index in [0.717, 1.165) is 38.4 Å². The molecule has 0 aromatic rings. The lowest BCUT2D eigenvalue weighted by Gasteiger charge is -2.31. The molecule has 0 unspecified atom stereocenters. The third kappa shape index (κ3) is 1.20. The van der Waals surface area contributed by atoms with E-state index in [1.807, 2.05) is 0 Å². The molecule has 2 fully saturated rings. The van der Waals surface area contributed by atoms with Gasteiger partial charge in [0.2, 0.25) is 0 Å². The van der Waals surface area contributed by atoms with Crippen molar-refractivity contribution in [3.63, 3.8) is 0 Å². The SMILES string of the molecule is C=C1NCC2(CCNCC2)O1. The Kier molecular flexibility index (Phi) is 1.53. The highest BCUT2D eigenvalue weighted by molar-refractivity contribution is 5.01. The lowest BCUT2D eigenvalue weighted by molar-refractivity contribution is 0.0221. The maximum absolute atomic E-state index is 5.64. The molecule has 0 bridgehead atoms. The molecule has 0 saturated carbocycles. The van der Waals surface area contributed by atoms with Gasteiger partial charge in [-0.2, -0.15) is 0 Å². The lowest BCUT2D eigenvalue weighted by Crippen LogP contribution is -2.44. The second kappa shape index (κ2) is 2.41. The number of ether oxygens (including phenoxy) is 1. The van der Waals surface area contributed by atoms with Gasteiger partial charge < -0.3 is 15.4 Å². The van der Waals surface area contributed by atoms with Crippen LogP contribution in [-0.4, -0.2) is 25.2 Å². The number of hydrogen-bond acceptors (Lipinski definition) is 3. The quantitative estimate of drug-likeness (QED) is 0.523. The van der Waals surface area contributed by atoms with Gasteiger partial charge in [0, 0.05) is 12.8 Å². The van der Waals surface area contributed by atoms with Gasteiger partial charge in [-0.1, -0.05) is 0 Å². The first-order valence-electron chi connectivity index (χ1n) is 4.13. The van der Waals surface area contributed by atoms with Gasteiger partial charge in [0.05, 0.1) is 6.54 Å². The highest BCUT2D eigenvalue weighted by Crippen LogP contribution is 2.28. The van der Waals surface area contributed by atoms with E-state index in [0.29, 0.717) is 0 Å². The number of hydrogen-bond donors (Lipinski definition) is 2. The van der Waals surface area contributed by atoms with Gasteiger partial charge in [-0.15, -0.1) is 0 Å². The molecule has 0 atom stereocenters. The molecule has 0 amide bonds. The highest BCUT2D eigenvalue weighted by atomic mass is 16.5. The molecular formula is C8H14N2O. The molecule has 62 valence electrons. The van der Waals surface area contributed by atoms with Crippen molar-refractivity contribution in [1.82, 2.24) is 10.6 Å². The van der Waals surface area contributed by atoms with Gasteiger partial charge in [0.1, 0.15) is 5.60 Å². The second-order valence-corrected chi connectivity index (χ2v) is 3.31. The third-order valence-electron chi connectivity index (χ3n) is 2.46. The summed E-state index contributed by atoms with van der Waals surface area (Å²) >= 11 is 0. The van der Waals surface area contributed by atoms with Crippen molar-refractivity contribution in [3.8, 4) is 0 Å². The minimum atomic E-state index is 0.0718. The van der Waals surface area contributed by atoms with Crippen molar-refractivity contribution in [2.75, 3.05) is 19.6 Å². The van der Waals surface area contributed by atoms with E-state index in [1.165, 1.54) is 0 Å². The van der Waals surface area contributed by atoms with Gasteiger partial charge in [-0.05, 0) is 19.7 Å². The van der Waals surface area contributed by atoms with E-state index in [1.54, 1.807) is 0 Å². The fourth-order valence-electron chi connectivity index (χ4n) is 1.75.